The van der Waals surface area contributed by atoms with E-state index in [-0.39, 0.29) is 24.4 Å². The van der Waals surface area contributed by atoms with Gasteiger partial charge < -0.3 is 15.1 Å². The molecule has 1 aliphatic carbocycles. The second kappa shape index (κ2) is 8.88. The molecule has 3 fully saturated rings. The fraction of sp³-hybridized carbons (Fsp3) is 0.882. The summed E-state index contributed by atoms with van der Waals surface area (Å²) in [6.45, 7) is 3.78. The van der Waals surface area contributed by atoms with Crippen molar-refractivity contribution in [2.75, 3.05) is 32.7 Å². The lowest BCUT2D eigenvalue weighted by molar-refractivity contribution is -0.141. The summed E-state index contributed by atoms with van der Waals surface area (Å²) in [4.78, 5) is 28.7. The minimum atomic E-state index is 0. The van der Waals surface area contributed by atoms with Crippen LogP contribution in [0.25, 0.3) is 0 Å². The van der Waals surface area contributed by atoms with Gasteiger partial charge in [-0.15, -0.1) is 12.4 Å². The average molecular weight is 344 g/mol. The fourth-order valence-electron chi connectivity index (χ4n) is 4.06. The zero-order chi connectivity index (χ0) is 15.4. The maximum absolute atomic E-state index is 12.4. The van der Waals surface area contributed by atoms with Gasteiger partial charge in [0.2, 0.25) is 11.8 Å². The van der Waals surface area contributed by atoms with E-state index in [9.17, 15) is 9.59 Å². The molecule has 3 rings (SSSR count). The van der Waals surface area contributed by atoms with Gasteiger partial charge in [-0.1, -0.05) is 19.3 Å². The molecular weight excluding hydrogens is 314 g/mol. The average Bonchev–Trinajstić information content (AvgIpc) is 3.10. The number of halogens is 1. The van der Waals surface area contributed by atoms with Crippen LogP contribution < -0.4 is 5.32 Å². The molecular formula is C17H30ClN3O2. The number of piperazine rings is 1. The lowest BCUT2D eigenvalue weighted by atomic mass is 9.86. The molecule has 0 aromatic heterocycles. The molecule has 23 heavy (non-hydrogen) atoms. The summed E-state index contributed by atoms with van der Waals surface area (Å²) in [6, 6.07) is 0.0180. The van der Waals surface area contributed by atoms with Crippen LogP contribution in [0, 0.1) is 5.92 Å². The van der Waals surface area contributed by atoms with Gasteiger partial charge in [-0.05, 0) is 38.1 Å². The quantitative estimate of drug-likeness (QED) is 0.850. The molecule has 5 nitrogen and oxygen atoms in total. The molecule has 0 aromatic carbocycles. The van der Waals surface area contributed by atoms with Crippen molar-refractivity contribution in [3.8, 4) is 0 Å². The predicted octanol–water partition coefficient (Wildman–Crippen LogP) is 1.80. The van der Waals surface area contributed by atoms with Crippen LogP contribution in [0.5, 0.6) is 0 Å². The van der Waals surface area contributed by atoms with Crippen LogP contribution in [0.3, 0.4) is 0 Å². The van der Waals surface area contributed by atoms with Crippen molar-refractivity contribution >= 4 is 24.2 Å². The zero-order valence-electron chi connectivity index (χ0n) is 14.0. The predicted molar refractivity (Wildman–Crippen MR) is 92.6 cm³/mol. The topological polar surface area (TPSA) is 52.7 Å². The van der Waals surface area contributed by atoms with Crippen LogP contribution in [0.4, 0.5) is 0 Å². The van der Waals surface area contributed by atoms with Crippen LogP contribution in [0.1, 0.15) is 51.4 Å². The number of hydrogen-bond donors (Lipinski definition) is 1. The SMILES string of the molecule is Cl.O=C(CC1CCCCC1)N1CCN(C(=O)C2CCCN2)CC1. The van der Waals surface area contributed by atoms with E-state index in [0.717, 1.165) is 25.8 Å². The van der Waals surface area contributed by atoms with E-state index in [1.807, 2.05) is 9.80 Å². The molecule has 1 unspecified atom stereocenters. The molecule has 2 saturated heterocycles. The van der Waals surface area contributed by atoms with Gasteiger partial charge in [0.1, 0.15) is 0 Å². The molecule has 0 aromatic rings. The molecule has 6 heteroatoms. The first-order valence-corrected chi connectivity index (χ1v) is 9.04. The first-order chi connectivity index (χ1) is 10.7. The van der Waals surface area contributed by atoms with Gasteiger partial charge in [0, 0.05) is 32.6 Å². The number of amides is 2. The fourth-order valence-corrected chi connectivity index (χ4v) is 4.06. The monoisotopic (exact) mass is 343 g/mol. The maximum Gasteiger partial charge on any atom is 0.239 e. The van der Waals surface area contributed by atoms with Crippen molar-refractivity contribution in [3.63, 3.8) is 0 Å². The van der Waals surface area contributed by atoms with Gasteiger partial charge in [-0.3, -0.25) is 9.59 Å². The summed E-state index contributed by atoms with van der Waals surface area (Å²) in [5.41, 5.74) is 0. The van der Waals surface area contributed by atoms with Crippen LogP contribution in [0.15, 0.2) is 0 Å². The zero-order valence-corrected chi connectivity index (χ0v) is 14.8. The van der Waals surface area contributed by atoms with Gasteiger partial charge in [0.15, 0.2) is 0 Å². The minimum absolute atomic E-state index is 0. The Balaban J connectivity index is 0.00000192. The van der Waals surface area contributed by atoms with E-state index in [4.69, 9.17) is 0 Å². The Morgan fingerprint density at radius 3 is 2.13 bits per heavy atom. The number of carbonyl (C=O) groups is 2. The molecule has 2 amide bonds. The van der Waals surface area contributed by atoms with Crippen LogP contribution >= 0.6 is 12.4 Å². The van der Waals surface area contributed by atoms with Gasteiger partial charge in [0.05, 0.1) is 6.04 Å². The molecule has 2 heterocycles. The molecule has 1 N–H and O–H groups in total. The van der Waals surface area contributed by atoms with Crippen LogP contribution in [-0.2, 0) is 9.59 Å². The summed E-state index contributed by atoms with van der Waals surface area (Å²) in [5.74, 6) is 1.14. The van der Waals surface area contributed by atoms with Crippen molar-refractivity contribution < 1.29 is 9.59 Å². The van der Waals surface area contributed by atoms with Crippen molar-refractivity contribution in [1.82, 2.24) is 15.1 Å². The Morgan fingerprint density at radius 1 is 0.870 bits per heavy atom. The normalized spacial score (nSPS) is 26.0. The minimum Gasteiger partial charge on any atom is -0.339 e. The molecule has 0 bridgehead atoms. The van der Waals surface area contributed by atoms with Crippen molar-refractivity contribution in [3.05, 3.63) is 0 Å². The standard InChI is InChI=1S/C17H29N3O2.ClH/c21-16(13-14-5-2-1-3-6-14)19-9-11-20(12-10-19)17(22)15-7-4-8-18-15;/h14-15,18H,1-13H2;1H. The van der Waals surface area contributed by atoms with E-state index >= 15 is 0 Å². The molecule has 3 aliphatic rings. The van der Waals surface area contributed by atoms with E-state index in [2.05, 4.69) is 5.32 Å². The summed E-state index contributed by atoms with van der Waals surface area (Å²) in [6.07, 6.45) is 9.12. The molecule has 2 aliphatic heterocycles. The molecule has 132 valence electrons. The smallest absolute Gasteiger partial charge is 0.239 e. The molecule has 1 saturated carbocycles. The van der Waals surface area contributed by atoms with Crippen molar-refractivity contribution in [2.45, 2.75) is 57.4 Å². The summed E-state index contributed by atoms with van der Waals surface area (Å²) >= 11 is 0. The second-order valence-corrected chi connectivity index (χ2v) is 7.06. The second-order valence-electron chi connectivity index (χ2n) is 7.06. The first kappa shape index (κ1) is 18.5. The Bertz CT molecular complexity index is 399. The number of nitrogens with zero attached hydrogens (tertiary/aromatic N) is 2. The van der Waals surface area contributed by atoms with E-state index in [1.165, 1.54) is 32.1 Å². The van der Waals surface area contributed by atoms with Crippen LogP contribution in [-0.4, -0.2) is 60.4 Å². The number of rotatable bonds is 3. The third-order valence-corrected chi connectivity index (χ3v) is 5.49. The molecule has 0 spiro atoms. The van der Waals surface area contributed by atoms with Crippen molar-refractivity contribution in [2.24, 2.45) is 5.92 Å². The van der Waals surface area contributed by atoms with E-state index in [0.29, 0.717) is 38.0 Å². The third kappa shape index (κ3) is 4.83. The van der Waals surface area contributed by atoms with Gasteiger partial charge in [0.25, 0.3) is 0 Å². The Labute approximate surface area is 145 Å². The summed E-state index contributed by atoms with van der Waals surface area (Å²) in [5, 5.41) is 3.27. The number of carbonyl (C=O) groups excluding carboxylic acids is 2. The number of hydrogen-bond acceptors (Lipinski definition) is 3. The molecule has 0 radical (unpaired) electrons. The number of nitrogens with one attached hydrogen (secondary N) is 1. The summed E-state index contributed by atoms with van der Waals surface area (Å²) < 4.78 is 0. The summed E-state index contributed by atoms with van der Waals surface area (Å²) in [7, 11) is 0. The Kier molecular flexibility index (Phi) is 7.15. The highest BCUT2D eigenvalue weighted by Gasteiger charge is 2.30. The maximum atomic E-state index is 12.4. The van der Waals surface area contributed by atoms with Gasteiger partial charge in [-0.2, -0.15) is 0 Å². The van der Waals surface area contributed by atoms with Crippen molar-refractivity contribution in [1.29, 1.82) is 0 Å². The Morgan fingerprint density at radius 2 is 1.52 bits per heavy atom. The van der Waals surface area contributed by atoms with Gasteiger partial charge >= 0.3 is 0 Å². The van der Waals surface area contributed by atoms with E-state index < -0.39 is 0 Å². The first-order valence-electron chi connectivity index (χ1n) is 9.04. The lowest BCUT2D eigenvalue weighted by Crippen LogP contribution is -2.54. The largest absolute Gasteiger partial charge is 0.339 e. The highest BCUT2D eigenvalue weighted by Crippen LogP contribution is 2.27. The highest BCUT2D eigenvalue weighted by molar-refractivity contribution is 5.85. The van der Waals surface area contributed by atoms with Gasteiger partial charge in [-0.25, -0.2) is 0 Å². The van der Waals surface area contributed by atoms with E-state index in [1.54, 1.807) is 0 Å². The third-order valence-electron chi connectivity index (χ3n) is 5.49. The lowest BCUT2D eigenvalue weighted by Gasteiger charge is -2.36. The molecule has 1 atom stereocenters. The highest BCUT2D eigenvalue weighted by atomic mass is 35.5. The Hall–Kier alpha value is -0.810. The van der Waals surface area contributed by atoms with Crippen LogP contribution in [0.2, 0.25) is 0 Å².